The Balaban J connectivity index is 1.19. The van der Waals surface area contributed by atoms with E-state index < -0.39 is 10.0 Å². The molecule has 2 heterocycles. The highest BCUT2D eigenvalue weighted by molar-refractivity contribution is 7.89. The Hall–Kier alpha value is -2.81. The number of nitrogens with zero attached hydrogens (tertiary/aromatic N) is 1. The van der Waals surface area contributed by atoms with Crippen molar-refractivity contribution >= 4 is 32.4 Å². The Bertz CT molecular complexity index is 1300. The first-order chi connectivity index (χ1) is 16.4. The molecule has 3 N–H and O–H groups in total. The molecule has 2 fully saturated rings. The Morgan fingerprint density at radius 2 is 1.97 bits per heavy atom. The highest BCUT2D eigenvalue weighted by atomic mass is 32.2. The number of aryl methyl sites for hydroxylation is 1. The van der Waals surface area contributed by atoms with E-state index in [4.69, 9.17) is 0 Å². The lowest BCUT2D eigenvalue weighted by atomic mass is 10.0. The minimum atomic E-state index is -3.54. The van der Waals surface area contributed by atoms with Crippen LogP contribution in [0, 0.1) is 18.8 Å². The zero-order valence-corrected chi connectivity index (χ0v) is 20.1. The first kappa shape index (κ1) is 23.0. The number of carbonyl (C=O) groups excluding carboxylic acids is 1. The monoisotopic (exact) mass is 478 g/mol. The van der Waals surface area contributed by atoms with Crippen LogP contribution in [0.25, 0.3) is 10.8 Å². The quantitative estimate of drug-likeness (QED) is 0.482. The lowest BCUT2D eigenvalue weighted by molar-refractivity contribution is -0.117. The molecule has 2 aromatic carbocycles. The number of nitrogens with one attached hydrogen (secondary N) is 3. The second-order valence-corrected chi connectivity index (χ2v) is 11.2. The third kappa shape index (κ3) is 4.99. The topological polar surface area (TPSA) is 100 Å². The number of piperidine rings is 1. The van der Waals surface area contributed by atoms with Crippen molar-refractivity contribution < 1.29 is 13.2 Å². The van der Waals surface area contributed by atoms with Crippen LogP contribution < -0.4 is 15.4 Å². The third-order valence-electron chi connectivity index (χ3n) is 6.93. The van der Waals surface area contributed by atoms with Gasteiger partial charge in [0.25, 0.3) is 0 Å². The summed E-state index contributed by atoms with van der Waals surface area (Å²) in [5.74, 6) is 0.338. The minimum absolute atomic E-state index is 0.00415. The van der Waals surface area contributed by atoms with Gasteiger partial charge < -0.3 is 10.6 Å². The summed E-state index contributed by atoms with van der Waals surface area (Å²) < 4.78 is 28.1. The molecule has 1 aliphatic carbocycles. The lowest BCUT2D eigenvalue weighted by Gasteiger charge is -2.22. The molecule has 0 radical (unpaired) electrons. The van der Waals surface area contributed by atoms with Crippen LogP contribution in [0.5, 0.6) is 0 Å². The van der Waals surface area contributed by atoms with Gasteiger partial charge in [0.2, 0.25) is 15.9 Å². The first-order valence-corrected chi connectivity index (χ1v) is 13.3. The van der Waals surface area contributed by atoms with Gasteiger partial charge in [0.1, 0.15) is 0 Å². The van der Waals surface area contributed by atoms with Crippen LogP contribution in [0.1, 0.15) is 36.3 Å². The average Bonchev–Trinajstić information content (AvgIpc) is 3.65. The van der Waals surface area contributed by atoms with Gasteiger partial charge in [-0.25, -0.2) is 13.1 Å². The molecule has 1 amide bonds. The Kier molecular flexibility index (Phi) is 6.38. The lowest BCUT2D eigenvalue weighted by Crippen LogP contribution is -2.38. The summed E-state index contributed by atoms with van der Waals surface area (Å²) in [6.45, 7) is 4.31. The molecular formula is C26H30N4O3S. The van der Waals surface area contributed by atoms with E-state index in [9.17, 15) is 13.2 Å². The van der Waals surface area contributed by atoms with Crippen molar-refractivity contribution in [2.24, 2.45) is 11.8 Å². The molecule has 34 heavy (non-hydrogen) atoms. The third-order valence-corrected chi connectivity index (χ3v) is 8.37. The highest BCUT2D eigenvalue weighted by Crippen LogP contribution is 2.48. The number of sulfonamides is 1. The molecule has 2 aliphatic rings. The van der Waals surface area contributed by atoms with Gasteiger partial charge in [0.15, 0.2) is 0 Å². The van der Waals surface area contributed by atoms with Crippen molar-refractivity contribution in [3.05, 3.63) is 66.0 Å². The van der Waals surface area contributed by atoms with E-state index in [1.807, 2.05) is 49.6 Å². The highest BCUT2D eigenvalue weighted by Gasteiger charge is 2.44. The molecule has 0 unspecified atom stereocenters. The van der Waals surface area contributed by atoms with E-state index >= 15 is 0 Å². The standard InChI is InChI=1S/C26H30N4O3S/c1-17-13-28-16-20-4-7-21(11-23(17)20)30-26(31)25-12-24(25)19-5-8-22(9-6-19)34(32,33)29-15-18-3-2-10-27-14-18/h4-9,11,13,16,18,24-25,27,29H,2-3,10,12,14-15H2,1H3,(H,30,31)/t18-,24+,25-/m1/s1. The number of amides is 1. The van der Waals surface area contributed by atoms with E-state index in [0.29, 0.717) is 12.5 Å². The maximum absolute atomic E-state index is 12.8. The number of carbonyl (C=O) groups is 1. The van der Waals surface area contributed by atoms with Gasteiger partial charge in [-0.15, -0.1) is 0 Å². The summed E-state index contributed by atoms with van der Waals surface area (Å²) in [7, 11) is -3.54. The number of aromatic nitrogens is 1. The van der Waals surface area contributed by atoms with E-state index in [1.54, 1.807) is 12.1 Å². The van der Waals surface area contributed by atoms with Crippen molar-refractivity contribution in [3.63, 3.8) is 0 Å². The number of benzene rings is 2. The van der Waals surface area contributed by atoms with Crippen molar-refractivity contribution in [2.45, 2.75) is 37.0 Å². The predicted octanol–water partition coefficient (Wildman–Crippen LogP) is 3.56. The average molecular weight is 479 g/mol. The number of pyridine rings is 1. The van der Waals surface area contributed by atoms with Crippen LogP contribution in [0.2, 0.25) is 0 Å². The van der Waals surface area contributed by atoms with Crippen LogP contribution >= 0.6 is 0 Å². The van der Waals surface area contributed by atoms with Gasteiger partial charge in [-0.05, 0) is 91.9 Å². The van der Waals surface area contributed by atoms with Crippen molar-refractivity contribution in [1.82, 2.24) is 15.0 Å². The molecule has 1 aromatic heterocycles. The molecule has 7 nitrogen and oxygen atoms in total. The van der Waals surface area contributed by atoms with Gasteiger partial charge in [-0.3, -0.25) is 9.78 Å². The molecule has 1 saturated carbocycles. The van der Waals surface area contributed by atoms with Crippen LogP contribution in [0.4, 0.5) is 5.69 Å². The Morgan fingerprint density at radius 3 is 2.74 bits per heavy atom. The molecule has 5 rings (SSSR count). The van der Waals surface area contributed by atoms with Crippen molar-refractivity contribution in [1.29, 1.82) is 0 Å². The summed E-state index contributed by atoms with van der Waals surface area (Å²) in [5.41, 5.74) is 2.84. The predicted molar refractivity (Wildman–Crippen MR) is 133 cm³/mol. The van der Waals surface area contributed by atoms with E-state index in [1.165, 1.54) is 0 Å². The van der Waals surface area contributed by atoms with Gasteiger partial charge >= 0.3 is 0 Å². The summed E-state index contributed by atoms with van der Waals surface area (Å²) in [6.07, 6.45) is 6.51. The largest absolute Gasteiger partial charge is 0.326 e. The molecule has 178 valence electrons. The molecule has 1 aliphatic heterocycles. The second kappa shape index (κ2) is 9.44. The number of fused-ring (bicyclic) bond motifs is 1. The van der Waals surface area contributed by atoms with Crippen LogP contribution in [-0.2, 0) is 14.8 Å². The van der Waals surface area contributed by atoms with Crippen LogP contribution in [0.3, 0.4) is 0 Å². The number of hydrogen-bond acceptors (Lipinski definition) is 5. The van der Waals surface area contributed by atoms with E-state index in [0.717, 1.165) is 59.9 Å². The van der Waals surface area contributed by atoms with Gasteiger partial charge in [-0.1, -0.05) is 18.2 Å². The van der Waals surface area contributed by atoms with Crippen molar-refractivity contribution in [2.75, 3.05) is 25.0 Å². The second-order valence-electron chi connectivity index (χ2n) is 9.46. The summed E-state index contributed by atoms with van der Waals surface area (Å²) >= 11 is 0. The SMILES string of the molecule is Cc1cncc2ccc(NC(=O)[C@@H]3C[C@H]3c3ccc(S(=O)(=O)NC[C@@H]4CCCNC4)cc3)cc12. The maximum atomic E-state index is 12.8. The van der Waals surface area contributed by atoms with Gasteiger partial charge in [-0.2, -0.15) is 0 Å². The van der Waals surface area contributed by atoms with Crippen LogP contribution in [0.15, 0.2) is 59.8 Å². The van der Waals surface area contributed by atoms with Gasteiger partial charge in [0.05, 0.1) is 4.90 Å². The number of rotatable bonds is 7. The number of hydrogen-bond donors (Lipinski definition) is 3. The summed E-state index contributed by atoms with van der Waals surface area (Å²) in [4.78, 5) is 17.3. The minimum Gasteiger partial charge on any atom is -0.326 e. The molecule has 3 atom stereocenters. The first-order valence-electron chi connectivity index (χ1n) is 11.9. The molecule has 0 bridgehead atoms. The van der Waals surface area contributed by atoms with E-state index in [2.05, 4.69) is 20.3 Å². The zero-order chi connectivity index (χ0) is 23.7. The smallest absolute Gasteiger partial charge is 0.240 e. The van der Waals surface area contributed by atoms with Crippen LogP contribution in [-0.4, -0.2) is 38.9 Å². The zero-order valence-electron chi connectivity index (χ0n) is 19.3. The fraction of sp³-hybridized carbons (Fsp3) is 0.385. The molecule has 1 saturated heterocycles. The fourth-order valence-corrected chi connectivity index (χ4v) is 5.89. The Morgan fingerprint density at radius 1 is 1.15 bits per heavy atom. The summed E-state index contributed by atoms with van der Waals surface area (Å²) in [6, 6.07) is 12.8. The molecular weight excluding hydrogens is 448 g/mol. The maximum Gasteiger partial charge on any atom is 0.240 e. The van der Waals surface area contributed by atoms with Crippen molar-refractivity contribution in [3.8, 4) is 0 Å². The van der Waals surface area contributed by atoms with E-state index in [-0.39, 0.29) is 22.6 Å². The fourth-order valence-electron chi connectivity index (χ4n) is 4.78. The molecule has 8 heteroatoms. The Labute approximate surface area is 200 Å². The number of anilines is 1. The molecule has 0 spiro atoms. The molecule has 3 aromatic rings. The normalized spacial score (nSPS) is 22.4. The summed E-state index contributed by atoms with van der Waals surface area (Å²) in [5, 5.41) is 8.46. The van der Waals surface area contributed by atoms with Gasteiger partial charge in [0, 0.05) is 35.9 Å².